The number of nitrogens with zero attached hydrogens (tertiary/aromatic N) is 2. The number of carboxylic acids is 1. The first-order valence-electron chi connectivity index (χ1n) is 7.35. The molecule has 0 amide bonds. The van der Waals surface area contributed by atoms with Gasteiger partial charge >= 0.3 is 5.97 Å². The molecule has 0 unspecified atom stereocenters. The fourth-order valence-corrected chi connectivity index (χ4v) is 2.89. The van der Waals surface area contributed by atoms with E-state index in [1.54, 1.807) is 0 Å². The van der Waals surface area contributed by atoms with Crippen LogP contribution in [0.5, 0.6) is 0 Å². The molecule has 2 aromatic rings. The lowest BCUT2D eigenvalue weighted by atomic mass is 10.1. The van der Waals surface area contributed by atoms with Crippen LogP contribution < -0.4 is 0 Å². The zero-order valence-electron chi connectivity index (χ0n) is 12.0. The Hall–Kier alpha value is -1.91. The molecule has 4 nitrogen and oxygen atoms in total. The number of benzene rings is 2. The average molecular weight is 284 g/mol. The zero-order chi connectivity index (χ0) is 14.7. The Labute approximate surface area is 124 Å². The Kier molecular flexibility index (Phi) is 4.18. The minimum Gasteiger partial charge on any atom is -0.480 e. The van der Waals surface area contributed by atoms with Crippen molar-refractivity contribution in [2.75, 3.05) is 32.7 Å². The van der Waals surface area contributed by atoms with Crippen LogP contribution in [0.4, 0.5) is 0 Å². The van der Waals surface area contributed by atoms with Crippen molar-refractivity contribution < 1.29 is 9.90 Å². The molecule has 0 aromatic heterocycles. The van der Waals surface area contributed by atoms with Crippen molar-refractivity contribution in [3.05, 3.63) is 48.0 Å². The Bertz CT molecular complexity index is 633. The second-order valence-corrected chi connectivity index (χ2v) is 5.63. The van der Waals surface area contributed by atoms with Crippen molar-refractivity contribution in [3.63, 3.8) is 0 Å². The molecule has 2 aromatic carbocycles. The molecule has 0 atom stereocenters. The molecule has 1 aliphatic rings. The van der Waals surface area contributed by atoms with Crippen molar-refractivity contribution in [3.8, 4) is 0 Å². The highest BCUT2D eigenvalue weighted by Crippen LogP contribution is 2.17. The first-order valence-corrected chi connectivity index (χ1v) is 7.35. The lowest BCUT2D eigenvalue weighted by Crippen LogP contribution is -2.47. The Morgan fingerprint density at radius 3 is 2.33 bits per heavy atom. The van der Waals surface area contributed by atoms with E-state index in [1.165, 1.54) is 16.3 Å². The highest BCUT2D eigenvalue weighted by Gasteiger charge is 2.18. The van der Waals surface area contributed by atoms with Gasteiger partial charge < -0.3 is 5.11 Å². The number of hydrogen-bond donors (Lipinski definition) is 1. The highest BCUT2D eigenvalue weighted by molar-refractivity contribution is 5.82. The number of piperazine rings is 1. The van der Waals surface area contributed by atoms with Gasteiger partial charge in [-0.15, -0.1) is 0 Å². The second-order valence-electron chi connectivity index (χ2n) is 5.63. The fraction of sp³-hybridized carbons (Fsp3) is 0.353. The van der Waals surface area contributed by atoms with E-state index in [2.05, 4.69) is 47.4 Å². The lowest BCUT2D eigenvalue weighted by molar-refractivity contribution is -0.138. The molecule has 0 radical (unpaired) electrons. The number of aliphatic carboxylic acids is 1. The van der Waals surface area contributed by atoms with Gasteiger partial charge in [0, 0.05) is 32.7 Å². The maximum absolute atomic E-state index is 10.7. The Morgan fingerprint density at radius 2 is 1.62 bits per heavy atom. The van der Waals surface area contributed by atoms with Gasteiger partial charge in [-0.3, -0.25) is 14.6 Å². The van der Waals surface area contributed by atoms with Crippen LogP contribution >= 0.6 is 0 Å². The van der Waals surface area contributed by atoms with Crippen LogP contribution in [0.25, 0.3) is 10.8 Å². The molecule has 110 valence electrons. The summed E-state index contributed by atoms with van der Waals surface area (Å²) in [6.45, 7) is 4.62. The first-order chi connectivity index (χ1) is 10.2. The number of fused-ring (bicyclic) bond motifs is 1. The smallest absolute Gasteiger partial charge is 0.317 e. The molecule has 4 heteroatoms. The minimum atomic E-state index is -0.738. The SMILES string of the molecule is O=C(O)CN1CCN(Cc2ccc3ccccc3c2)CC1. The largest absolute Gasteiger partial charge is 0.480 e. The van der Waals surface area contributed by atoms with E-state index in [9.17, 15) is 4.79 Å². The monoisotopic (exact) mass is 284 g/mol. The third-order valence-corrected chi connectivity index (χ3v) is 4.04. The lowest BCUT2D eigenvalue weighted by Gasteiger charge is -2.33. The predicted octanol–water partition coefficient (Wildman–Crippen LogP) is 2.04. The summed E-state index contributed by atoms with van der Waals surface area (Å²) in [7, 11) is 0. The van der Waals surface area contributed by atoms with Gasteiger partial charge in [0.2, 0.25) is 0 Å². The van der Waals surface area contributed by atoms with Crippen LogP contribution in [-0.4, -0.2) is 53.6 Å². The molecular formula is C17H20N2O2. The number of rotatable bonds is 4. The van der Waals surface area contributed by atoms with Crippen LogP contribution in [0.15, 0.2) is 42.5 Å². The van der Waals surface area contributed by atoms with Gasteiger partial charge in [-0.05, 0) is 22.4 Å². The van der Waals surface area contributed by atoms with E-state index >= 15 is 0 Å². The van der Waals surface area contributed by atoms with Gasteiger partial charge in [0.05, 0.1) is 6.54 Å². The summed E-state index contributed by atoms with van der Waals surface area (Å²) in [6.07, 6.45) is 0. The van der Waals surface area contributed by atoms with Crippen LogP contribution in [0.3, 0.4) is 0 Å². The van der Waals surface area contributed by atoms with Crippen LogP contribution in [0.1, 0.15) is 5.56 Å². The average Bonchev–Trinajstić information content (AvgIpc) is 2.49. The van der Waals surface area contributed by atoms with Crippen molar-refractivity contribution in [2.45, 2.75) is 6.54 Å². The summed E-state index contributed by atoms with van der Waals surface area (Å²) < 4.78 is 0. The number of hydrogen-bond acceptors (Lipinski definition) is 3. The van der Waals surface area contributed by atoms with Gasteiger partial charge in [0.15, 0.2) is 0 Å². The molecule has 0 aliphatic carbocycles. The minimum absolute atomic E-state index is 0.157. The molecule has 1 N–H and O–H groups in total. The Morgan fingerprint density at radius 1 is 0.952 bits per heavy atom. The van der Waals surface area contributed by atoms with Gasteiger partial charge in [-0.1, -0.05) is 36.4 Å². The van der Waals surface area contributed by atoms with E-state index in [-0.39, 0.29) is 6.54 Å². The number of carbonyl (C=O) groups is 1. The summed E-state index contributed by atoms with van der Waals surface area (Å²) in [6, 6.07) is 15.0. The van der Waals surface area contributed by atoms with E-state index in [1.807, 2.05) is 4.90 Å². The van der Waals surface area contributed by atoms with E-state index < -0.39 is 5.97 Å². The molecular weight excluding hydrogens is 264 g/mol. The van der Waals surface area contributed by atoms with Crippen molar-refractivity contribution in [2.24, 2.45) is 0 Å². The first kappa shape index (κ1) is 14.0. The molecule has 0 spiro atoms. The third kappa shape index (κ3) is 3.60. The van der Waals surface area contributed by atoms with Crippen molar-refractivity contribution in [1.82, 2.24) is 9.80 Å². The molecule has 0 saturated carbocycles. The summed E-state index contributed by atoms with van der Waals surface area (Å²) in [5, 5.41) is 11.4. The molecule has 3 rings (SSSR count). The number of carboxylic acid groups (broad SMARTS) is 1. The highest BCUT2D eigenvalue weighted by atomic mass is 16.4. The van der Waals surface area contributed by atoms with E-state index in [4.69, 9.17) is 5.11 Å². The predicted molar refractivity (Wildman–Crippen MR) is 83.3 cm³/mol. The fourth-order valence-electron chi connectivity index (χ4n) is 2.89. The standard InChI is InChI=1S/C17H20N2O2/c20-17(21)13-19-9-7-18(8-10-19)12-14-5-6-15-3-1-2-4-16(15)11-14/h1-6,11H,7-10,12-13H2,(H,20,21). The van der Waals surface area contributed by atoms with Crippen LogP contribution in [0.2, 0.25) is 0 Å². The molecule has 1 fully saturated rings. The van der Waals surface area contributed by atoms with Gasteiger partial charge in [0.25, 0.3) is 0 Å². The van der Waals surface area contributed by atoms with Crippen LogP contribution in [-0.2, 0) is 11.3 Å². The summed E-state index contributed by atoms with van der Waals surface area (Å²) >= 11 is 0. The topological polar surface area (TPSA) is 43.8 Å². The quantitative estimate of drug-likeness (QED) is 0.933. The summed E-state index contributed by atoms with van der Waals surface area (Å²) in [5.74, 6) is -0.738. The van der Waals surface area contributed by atoms with Crippen molar-refractivity contribution >= 4 is 16.7 Å². The normalized spacial score (nSPS) is 17.1. The molecule has 21 heavy (non-hydrogen) atoms. The molecule has 1 aliphatic heterocycles. The Balaban J connectivity index is 1.60. The summed E-state index contributed by atoms with van der Waals surface area (Å²) in [5.41, 5.74) is 1.32. The van der Waals surface area contributed by atoms with Gasteiger partial charge in [-0.25, -0.2) is 0 Å². The van der Waals surface area contributed by atoms with E-state index in [0.29, 0.717) is 0 Å². The second kappa shape index (κ2) is 6.24. The molecule has 1 heterocycles. The van der Waals surface area contributed by atoms with Gasteiger partial charge in [-0.2, -0.15) is 0 Å². The molecule has 1 saturated heterocycles. The molecule has 0 bridgehead atoms. The zero-order valence-corrected chi connectivity index (χ0v) is 12.0. The van der Waals surface area contributed by atoms with E-state index in [0.717, 1.165) is 32.7 Å². The van der Waals surface area contributed by atoms with Gasteiger partial charge in [0.1, 0.15) is 0 Å². The van der Waals surface area contributed by atoms with Crippen LogP contribution in [0, 0.1) is 0 Å². The van der Waals surface area contributed by atoms with Crippen molar-refractivity contribution in [1.29, 1.82) is 0 Å². The summed E-state index contributed by atoms with van der Waals surface area (Å²) in [4.78, 5) is 15.1. The maximum Gasteiger partial charge on any atom is 0.317 e. The maximum atomic E-state index is 10.7. The third-order valence-electron chi connectivity index (χ3n) is 4.04.